The molecule has 1 atom stereocenters. The van der Waals surface area contributed by atoms with E-state index in [9.17, 15) is 4.79 Å². The van der Waals surface area contributed by atoms with E-state index in [0.29, 0.717) is 17.5 Å². The number of rotatable bonds is 4. The van der Waals surface area contributed by atoms with Crippen molar-refractivity contribution >= 4 is 17.6 Å². The van der Waals surface area contributed by atoms with Gasteiger partial charge in [-0.25, -0.2) is 0 Å². The molecule has 5 nitrogen and oxygen atoms in total. The van der Waals surface area contributed by atoms with Gasteiger partial charge in [-0.1, -0.05) is 23.7 Å². The smallest absolute Gasteiger partial charge is 0.321 e. The summed E-state index contributed by atoms with van der Waals surface area (Å²) >= 11 is 5.98. The van der Waals surface area contributed by atoms with Crippen molar-refractivity contribution in [2.75, 3.05) is 6.61 Å². The van der Waals surface area contributed by atoms with E-state index in [2.05, 4.69) is 10.2 Å². The van der Waals surface area contributed by atoms with Crippen molar-refractivity contribution in [1.29, 1.82) is 0 Å². The number of benzene rings is 1. The SMILES string of the molecule is CCOC(=O)C(c1cccc(Cl)c1)c1nncn1C. The molecule has 0 saturated heterocycles. The van der Waals surface area contributed by atoms with E-state index in [-0.39, 0.29) is 5.97 Å². The van der Waals surface area contributed by atoms with Gasteiger partial charge in [-0.2, -0.15) is 0 Å². The summed E-state index contributed by atoms with van der Waals surface area (Å²) in [5.74, 6) is -0.451. The lowest BCUT2D eigenvalue weighted by Crippen LogP contribution is -2.20. The first kappa shape index (κ1) is 13.5. The Morgan fingerprint density at radius 3 is 2.89 bits per heavy atom. The number of aromatic nitrogens is 3. The van der Waals surface area contributed by atoms with E-state index >= 15 is 0 Å². The fourth-order valence-corrected chi connectivity index (χ4v) is 2.05. The highest BCUT2D eigenvalue weighted by Gasteiger charge is 2.28. The summed E-state index contributed by atoms with van der Waals surface area (Å²) in [6.45, 7) is 2.08. The van der Waals surface area contributed by atoms with Crippen molar-refractivity contribution in [3.63, 3.8) is 0 Å². The summed E-state index contributed by atoms with van der Waals surface area (Å²) in [6, 6.07) is 7.10. The molecule has 0 bridgehead atoms. The van der Waals surface area contributed by atoms with Crippen LogP contribution in [-0.2, 0) is 16.6 Å². The topological polar surface area (TPSA) is 57.0 Å². The molecule has 0 N–H and O–H groups in total. The third-order valence-corrected chi connectivity index (χ3v) is 2.94. The number of hydrogen-bond acceptors (Lipinski definition) is 4. The summed E-state index contributed by atoms with van der Waals surface area (Å²) in [5, 5.41) is 8.36. The molecule has 0 fully saturated rings. The van der Waals surface area contributed by atoms with Gasteiger partial charge in [-0.05, 0) is 24.6 Å². The maximum Gasteiger partial charge on any atom is 0.321 e. The minimum absolute atomic E-state index is 0.313. The highest BCUT2D eigenvalue weighted by atomic mass is 35.5. The van der Waals surface area contributed by atoms with Crippen LogP contribution in [0.15, 0.2) is 30.6 Å². The molecule has 1 heterocycles. The third-order valence-electron chi connectivity index (χ3n) is 2.71. The van der Waals surface area contributed by atoms with Gasteiger partial charge in [-0.15, -0.1) is 10.2 Å². The molecule has 0 amide bonds. The zero-order valence-electron chi connectivity index (χ0n) is 10.7. The van der Waals surface area contributed by atoms with Crippen LogP contribution in [0.4, 0.5) is 0 Å². The van der Waals surface area contributed by atoms with Gasteiger partial charge in [-0.3, -0.25) is 4.79 Å². The molecule has 0 saturated carbocycles. The van der Waals surface area contributed by atoms with Crippen LogP contribution >= 0.6 is 11.6 Å². The van der Waals surface area contributed by atoms with Crippen molar-refractivity contribution in [2.45, 2.75) is 12.8 Å². The predicted molar refractivity (Wildman–Crippen MR) is 70.9 cm³/mol. The van der Waals surface area contributed by atoms with Gasteiger partial charge in [0, 0.05) is 12.1 Å². The number of ether oxygens (including phenoxy) is 1. The second kappa shape index (κ2) is 5.84. The van der Waals surface area contributed by atoms with E-state index < -0.39 is 5.92 Å². The molecule has 100 valence electrons. The first-order valence-electron chi connectivity index (χ1n) is 5.89. The predicted octanol–water partition coefficient (Wildman–Crippen LogP) is 2.16. The number of aryl methyl sites for hydroxylation is 1. The molecule has 2 aromatic rings. The van der Waals surface area contributed by atoms with Crippen molar-refractivity contribution in [1.82, 2.24) is 14.8 Å². The molecule has 0 radical (unpaired) electrons. The average Bonchev–Trinajstić information content (AvgIpc) is 2.77. The highest BCUT2D eigenvalue weighted by Crippen LogP contribution is 2.26. The molecule has 1 aromatic carbocycles. The molecule has 0 aliphatic carbocycles. The molecule has 0 spiro atoms. The number of hydrogen-bond donors (Lipinski definition) is 0. The van der Waals surface area contributed by atoms with E-state index in [0.717, 1.165) is 5.56 Å². The summed E-state index contributed by atoms with van der Waals surface area (Å²) in [6.07, 6.45) is 1.55. The molecular weight excluding hydrogens is 266 g/mol. The van der Waals surface area contributed by atoms with Gasteiger partial charge in [0.2, 0.25) is 0 Å². The summed E-state index contributed by atoms with van der Waals surface area (Å²) in [7, 11) is 1.78. The lowest BCUT2D eigenvalue weighted by molar-refractivity contribution is -0.144. The van der Waals surface area contributed by atoms with Gasteiger partial charge in [0.05, 0.1) is 6.61 Å². The minimum Gasteiger partial charge on any atom is -0.465 e. The monoisotopic (exact) mass is 279 g/mol. The first-order chi connectivity index (χ1) is 9.13. The van der Waals surface area contributed by atoms with Gasteiger partial charge in [0.1, 0.15) is 12.2 Å². The van der Waals surface area contributed by atoms with Crippen LogP contribution in [0.5, 0.6) is 0 Å². The van der Waals surface area contributed by atoms with Crippen LogP contribution in [0, 0.1) is 0 Å². The van der Waals surface area contributed by atoms with Crippen LogP contribution in [0.3, 0.4) is 0 Å². The van der Waals surface area contributed by atoms with E-state index in [1.165, 1.54) is 0 Å². The fourth-order valence-electron chi connectivity index (χ4n) is 1.86. The number of esters is 1. The molecule has 1 aromatic heterocycles. The Morgan fingerprint density at radius 2 is 2.32 bits per heavy atom. The minimum atomic E-state index is -0.619. The molecule has 0 aliphatic rings. The molecular formula is C13H14ClN3O2. The van der Waals surface area contributed by atoms with Crippen LogP contribution in [0.1, 0.15) is 24.2 Å². The van der Waals surface area contributed by atoms with Crippen molar-refractivity contribution < 1.29 is 9.53 Å². The van der Waals surface area contributed by atoms with Gasteiger partial charge in [0.15, 0.2) is 5.82 Å². The Balaban J connectivity index is 2.46. The van der Waals surface area contributed by atoms with Crippen LogP contribution in [-0.4, -0.2) is 27.3 Å². The third kappa shape index (κ3) is 2.93. The lowest BCUT2D eigenvalue weighted by atomic mass is 9.98. The van der Waals surface area contributed by atoms with Gasteiger partial charge >= 0.3 is 5.97 Å². The lowest BCUT2D eigenvalue weighted by Gasteiger charge is -2.15. The molecule has 1 unspecified atom stereocenters. The number of nitrogens with zero attached hydrogens (tertiary/aromatic N) is 3. The van der Waals surface area contributed by atoms with Crippen LogP contribution < -0.4 is 0 Å². The summed E-state index contributed by atoms with van der Waals surface area (Å²) < 4.78 is 6.81. The van der Waals surface area contributed by atoms with Gasteiger partial charge in [0.25, 0.3) is 0 Å². The Kier molecular flexibility index (Phi) is 4.16. The number of halogens is 1. The zero-order valence-corrected chi connectivity index (χ0v) is 11.5. The second-order valence-electron chi connectivity index (χ2n) is 4.04. The standard InChI is InChI=1S/C13H14ClN3O2/c1-3-19-13(18)11(12-16-15-8-17(12)2)9-5-4-6-10(14)7-9/h4-8,11H,3H2,1-2H3. The quantitative estimate of drug-likeness (QED) is 0.805. The summed E-state index contributed by atoms with van der Waals surface area (Å²) in [4.78, 5) is 12.2. The molecule has 19 heavy (non-hydrogen) atoms. The maximum absolute atomic E-state index is 12.2. The fraction of sp³-hybridized carbons (Fsp3) is 0.308. The molecule has 6 heteroatoms. The number of carbonyl (C=O) groups excluding carboxylic acids is 1. The maximum atomic E-state index is 12.2. The van der Waals surface area contributed by atoms with Crippen molar-refractivity contribution in [2.24, 2.45) is 7.05 Å². The Hall–Kier alpha value is -1.88. The Labute approximate surface area is 116 Å². The van der Waals surface area contributed by atoms with Crippen molar-refractivity contribution in [3.05, 3.63) is 47.0 Å². The molecule has 2 rings (SSSR count). The van der Waals surface area contributed by atoms with E-state index in [1.807, 2.05) is 6.07 Å². The normalized spacial score (nSPS) is 12.2. The summed E-state index contributed by atoms with van der Waals surface area (Å²) in [5.41, 5.74) is 0.738. The van der Waals surface area contributed by atoms with E-state index in [4.69, 9.17) is 16.3 Å². The van der Waals surface area contributed by atoms with Gasteiger partial charge < -0.3 is 9.30 Å². The van der Waals surface area contributed by atoms with Crippen LogP contribution in [0.2, 0.25) is 5.02 Å². The van der Waals surface area contributed by atoms with Crippen molar-refractivity contribution in [3.8, 4) is 0 Å². The largest absolute Gasteiger partial charge is 0.465 e. The highest BCUT2D eigenvalue weighted by molar-refractivity contribution is 6.30. The Bertz CT molecular complexity index is 583. The second-order valence-corrected chi connectivity index (χ2v) is 4.48. The number of carbonyl (C=O) groups is 1. The van der Waals surface area contributed by atoms with E-state index in [1.54, 1.807) is 43.1 Å². The first-order valence-corrected chi connectivity index (χ1v) is 6.27. The Morgan fingerprint density at radius 1 is 1.53 bits per heavy atom. The average molecular weight is 280 g/mol. The van der Waals surface area contributed by atoms with Crippen LogP contribution in [0.25, 0.3) is 0 Å². The molecule has 0 aliphatic heterocycles. The zero-order chi connectivity index (χ0) is 13.8.